The second-order valence-corrected chi connectivity index (χ2v) is 12.9. The standard InChI is InChI=1S/C29H39N3O4/c1-30-12-13-35-17-20(30)15-24(34)32-11-8-28-7-6-21(32)27-29(28)9-10-31(16-18-2-3-18)23(28)14-19-4-5-22(33)26(36-27)25(19)29/h4-5,18,20-21,23,27,33H,2-3,6-17H2,1H3/t20-,21-,23-,27+,28-,29+/m1/s1. The molecule has 1 amide bonds. The summed E-state index contributed by atoms with van der Waals surface area (Å²) in [4.78, 5) is 21.2. The number of phenolic OH excluding ortho intramolecular Hbond substituents is 1. The van der Waals surface area contributed by atoms with E-state index in [1.807, 2.05) is 6.07 Å². The zero-order valence-corrected chi connectivity index (χ0v) is 21.5. The van der Waals surface area contributed by atoms with Crippen molar-refractivity contribution in [3.05, 3.63) is 23.3 Å². The van der Waals surface area contributed by atoms with E-state index in [0.29, 0.717) is 19.1 Å². The van der Waals surface area contributed by atoms with Crippen molar-refractivity contribution in [2.24, 2.45) is 11.3 Å². The summed E-state index contributed by atoms with van der Waals surface area (Å²) in [6.07, 6.45) is 8.58. The molecule has 5 heterocycles. The summed E-state index contributed by atoms with van der Waals surface area (Å²) in [5.41, 5.74) is 2.73. The molecule has 7 nitrogen and oxygen atoms in total. The van der Waals surface area contributed by atoms with E-state index in [1.54, 1.807) is 0 Å². The van der Waals surface area contributed by atoms with Crippen LogP contribution in [0.15, 0.2) is 12.1 Å². The molecule has 1 aromatic rings. The van der Waals surface area contributed by atoms with Gasteiger partial charge in [-0.05, 0) is 76.1 Å². The number of benzene rings is 1. The highest BCUT2D eigenvalue weighted by atomic mass is 16.5. The number of aromatic hydroxyl groups is 1. The Hall–Kier alpha value is -1.83. The van der Waals surface area contributed by atoms with Gasteiger partial charge in [0.15, 0.2) is 11.5 Å². The first-order chi connectivity index (χ1) is 17.5. The molecular formula is C29H39N3O4. The Labute approximate surface area is 213 Å². The summed E-state index contributed by atoms with van der Waals surface area (Å²) in [6, 6.07) is 4.75. The van der Waals surface area contributed by atoms with Gasteiger partial charge in [0.1, 0.15) is 6.10 Å². The topological polar surface area (TPSA) is 65.5 Å². The van der Waals surface area contributed by atoms with Crippen molar-refractivity contribution in [3.8, 4) is 11.5 Å². The van der Waals surface area contributed by atoms with Gasteiger partial charge in [0.2, 0.25) is 5.91 Å². The van der Waals surface area contributed by atoms with Crippen LogP contribution in [-0.4, -0.2) is 96.4 Å². The number of carbonyl (C=O) groups excluding carboxylic acids is 1. The Balaban J connectivity index is 1.20. The van der Waals surface area contributed by atoms with Gasteiger partial charge in [-0.1, -0.05) is 6.07 Å². The molecule has 1 aromatic carbocycles. The predicted octanol–water partition coefficient (Wildman–Crippen LogP) is 2.53. The van der Waals surface area contributed by atoms with Crippen LogP contribution in [0.4, 0.5) is 0 Å². The van der Waals surface area contributed by atoms with E-state index in [9.17, 15) is 9.90 Å². The molecule has 194 valence electrons. The molecule has 1 N–H and O–H groups in total. The summed E-state index contributed by atoms with van der Waals surface area (Å²) in [7, 11) is 2.11. The number of fused-ring (bicyclic) bond motifs is 3. The van der Waals surface area contributed by atoms with Crippen molar-refractivity contribution in [2.45, 2.75) is 81.0 Å². The van der Waals surface area contributed by atoms with Crippen LogP contribution in [0.3, 0.4) is 0 Å². The normalized spacial score (nSPS) is 41.1. The van der Waals surface area contributed by atoms with E-state index in [1.165, 1.54) is 30.5 Å². The van der Waals surface area contributed by atoms with E-state index in [2.05, 4.69) is 27.8 Å². The highest BCUT2D eigenvalue weighted by Gasteiger charge is 2.74. The van der Waals surface area contributed by atoms with Crippen molar-refractivity contribution in [1.29, 1.82) is 0 Å². The molecule has 5 aliphatic heterocycles. The number of phenols is 1. The van der Waals surface area contributed by atoms with E-state index < -0.39 is 0 Å². The fourth-order valence-corrected chi connectivity index (χ4v) is 9.57. The van der Waals surface area contributed by atoms with Gasteiger partial charge in [-0.25, -0.2) is 0 Å². The average molecular weight is 494 g/mol. The van der Waals surface area contributed by atoms with Gasteiger partial charge in [-0.15, -0.1) is 0 Å². The van der Waals surface area contributed by atoms with E-state index in [0.717, 1.165) is 70.0 Å². The van der Waals surface area contributed by atoms with Crippen LogP contribution in [0.1, 0.15) is 56.1 Å². The highest BCUT2D eigenvalue weighted by molar-refractivity contribution is 5.78. The van der Waals surface area contributed by atoms with Crippen molar-refractivity contribution in [2.75, 3.05) is 46.4 Å². The van der Waals surface area contributed by atoms with Gasteiger partial charge in [0, 0.05) is 54.5 Å². The maximum Gasteiger partial charge on any atom is 0.224 e. The molecule has 9 rings (SSSR count). The summed E-state index contributed by atoms with van der Waals surface area (Å²) in [5.74, 6) is 2.14. The number of morpholine rings is 1. The summed E-state index contributed by atoms with van der Waals surface area (Å²) < 4.78 is 12.6. The molecule has 6 fully saturated rings. The molecule has 2 spiro atoms. The monoisotopic (exact) mass is 493 g/mol. The van der Waals surface area contributed by atoms with Crippen LogP contribution in [0, 0.1) is 11.3 Å². The number of likely N-dealkylation sites (tertiary alicyclic amines) is 1. The Morgan fingerprint density at radius 2 is 2.03 bits per heavy atom. The van der Waals surface area contributed by atoms with Gasteiger partial charge in [-0.2, -0.15) is 0 Å². The molecule has 4 saturated heterocycles. The zero-order valence-electron chi connectivity index (χ0n) is 21.5. The average Bonchev–Trinajstić information content (AvgIpc) is 3.66. The summed E-state index contributed by atoms with van der Waals surface area (Å²) in [5, 5.41) is 10.9. The van der Waals surface area contributed by atoms with Crippen molar-refractivity contribution < 1.29 is 19.4 Å². The molecule has 0 unspecified atom stereocenters. The number of piperidine rings is 1. The largest absolute Gasteiger partial charge is 0.504 e. The number of likely N-dealkylation sites (N-methyl/N-ethyl adjacent to an activating group) is 1. The predicted molar refractivity (Wildman–Crippen MR) is 134 cm³/mol. The first kappa shape index (κ1) is 22.2. The summed E-state index contributed by atoms with van der Waals surface area (Å²) >= 11 is 0. The Bertz CT molecular complexity index is 1110. The number of nitrogens with zero attached hydrogens (tertiary/aromatic N) is 3. The molecular weight excluding hydrogens is 454 g/mol. The lowest BCUT2D eigenvalue weighted by Crippen LogP contribution is -2.72. The Morgan fingerprint density at radius 3 is 2.86 bits per heavy atom. The molecule has 8 aliphatic rings. The van der Waals surface area contributed by atoms with Crippen molar-refractivity contribution in [3.63, 3.8) is 0 Å². The number of amides is 1. The summed E-state index contributed by atoms with van der Waals surface area (Å²) in [6.45, 7) is 5.44. The van der Waals surface area contributed by atoms with E-state index >= 15 is 0 Å². The maximum atomic E-state index is 13.9. The maximum absolute atomic E-state index is 13.9. The molecule has 7 heteroatoms. The molecule has 6 atom stereocenters. The zero-order chi connectivity index (χ0) is 24.2. The fourth-order valence-electron chi connectivity index (χ4n) is 9.57. The van der Waals surface area contributed by atoms with Crippen LogP contribution in [0.5, 0.6) is 11.5 Å². The smallest absolute Gasteiger partial charge is 0.224 e. The molecule has 2 saturated carbocycles. The second kappa shape index (κ2) is 7.61. The number of hydrogen-bond donors (Lipinski definition) is 1. The minimum Gasteiger partial charge on any atom is -0.504 e. The first-order valence-electron chi connectivity index (χ1n) is 14.4. The molecule has 0 aromatic heterocycles. The van der Waals surface area contributed by atoms with Gasteiger partial charge in [-0.3, -0.25) is 14.6 Å². The highest BCUT2D eigenvalue weighted by Crippen LogP contribution is 2.71. The van der Waals surface area contributed by atoms with Crippen LogP contribution >= 0.6 is 0 Å². The SMILES string of the molecule is CN1CCOC[C@H]1CC(=O)N1CC[C@@]23CC[C@@H]1[C@@H]1Oc4c(O)ccc5c4[C@@]12CCN(CC1CC1)[C@@H]3C5. The number of rotatable bonds is 4. The lowest BCUT2D eigenvalue weighted by atomic mass is 9.42. The number of ether oxygens (including phenoxy) is 2. The fraction of sp³-hybridized carbons (Fsp3) is 0.759. The molecule has 0 radical (unpaired) electrons. The lowest BCUT2D eigenvalue weighted by Gasteiger charge is -2.66. The van der Waals surface area contributed by atoms with Crippen molar-refractivity contribution in [1.82, 2.24) is 14.7 Å². The minimum atomic E-state index is -0.0813. The number of carbonyl (C=O) groups is 1. The van der Waals surface area contributed by atoms with E-state index in [4.69, 9.17) is 9.47 Å². The number of hydrogen-bond acceptors (Lipinski definition) is 6. The van der Waals surface area contributed by atoms with Crippen LogP contribution < -0.4 is 4.74 Å². The van der Waals surface area contributed by atoms with Crippen molar-refractivity contribution >= 4 is 5.91 Å². The molecule has 3 aliphatic carbocycles. The quantitative estimate of drug-likeness (QED) is 0.696. The van der Waals surface area contributed by atoms with Gasteiger partial charge in [0.25, 0.3) is 0 Å². The first-order valence-corrected chi connectivity index (χ1v) is 14.4. The van der Waals surface area contributed by atoms with Crippen LogP contribution in [0.2, 0.25) is 0 Å². The third kappa shape index (κ3) is 2.77. The van der Waals surface area contributed by atoms with E-state index in [-0.39, 0.29) is 40.7 Å². The Kier molecular flexibility index (Phi) is 4.69. The van der Waals surface area contributed by atoms with Gasteiger partial charge in [0.05, 0.1) is 19.3 Å². The minimum absolute atomic E-state index is 0.0500. The third-order valence-corrected chi connectivity index (χ3v) is 11.5. The van der Waals surface area contributed by atoms with Crippen LogP contribution in [0.25, 0.3) is 0 Å². The second-order valence-electron chi connectivity index (χ2n) is 12.9. The molecule has 36 heavy (non-hydrogen) atoms. The molecule has 4 bridgehead atoms. The van der Waals surface area contributed by atoms with Gasteiger partial charge >= 0.3 is 0 Å². The van der Waals surface area contributed by atoms with Crippen LogP contribution in [-0.2, 0) is 21.4 Å². The van der Waals surface area contributed by atoms with Gasteiger partial charge < -0.3 is 19.5 Å². The Morgan fingerprint density at radius 1 is 1.14 bits per heavy atom. The lowest BCUT2D eigenvalue weighted by molar-refractivity contribution is -0.146. The third-order valence-electron chi connectivity index (χ3n) is 11.5.